The highest BCUT2D eigenvalue weighted by Gasteiger charge is 2.12. The number of para-hydroxylation sites is 2. The number of halogens is 2. The van der Waals surface area contributed by atoms with Crippen molar-refractivity contribution in [3.8, 4) is 11.5 Å². The van der Waals surface area contributed by atoms with Crippen LogP contribution in [0.1, 0.15) is 5.56 Å². The van der Waals surface area contributed by atoms with Gasteiger partial charge in [0.25, 0.3) is 5.91 Å². The van der Waals surface area contributed by atoms with Crippen molar-refractivity contribution < 1.29 is 14.3 Å². The molecule has 0 radical (unpaired) electrons. The van der Waals surface area contributed by atoms with Gasteiger partial charge in [-0.2, -0.15) is 5.10 Å². The third-order valence-electron chi connectivity index (χ3n) is 3.76. The van der Waals surface area contributed by atoms with Crippen molar-refractivity contribution in [2.75, 3.05) is 19.0 Å². The highest BCUT2D eigenvalue weighted by atomic mass is 35.5. The van der Waals surface area contributed by atoms with E-state index in [1.54, 1.807) is 48.3 Å². The van der Waals surface area contributed by atoms with Crippen molar-refractivity contribution >= 4 is 34.9 Å². The quantitative estimate of drug-likeness (QED) is 0.637. The molecule has 3 aromatic rings. The summed E-state index contributed by atoms with van der Waals surface area (Å²) in [5.74, 6) is 1.26. The highest BCUT2D eigenvalue weighted by Crippen LogP contribution is 2.27. The lowest BCUT2D eigenvalue weighted by molar-refractivity contribution is -0.118. The fraction of sp³-hybridized carbons (Fsp3) is 0.158. The zero-order valence-electron chi connectivity index (χ0n) is 14.5. The lowest BCUT2D eigenvalue weighted by Crippen LogP contribution is -2.22. The molecule has 0 atom stereocenters. The first-order valence-corrected chi connectivity index (χ1v) is 8.84. The minimum atomic E-state index is -0.320. The molecule has 0 unspecified atom stereocenters. The van der Waals surface area contributed by atoms with E-state index >= 15 is 0 Å². The predicted molar refractivity (Wildman–Crippen MR) is 105 cm³/mol. The molecule has 0 aliphatic carbocycles. The molecule has 1 aromatic heterocycles. The lowest BCUT2D eigenvalue weighted by Gasteiger charge is -2.12. The third kappa shape index (κ3) is 4.72. The van der Waals surface area contributed by atoms with E-state index < -0.39 is 0 Å². The normalized spacial score (nSPS) is 10.5. The molecule has 140 valence electrons. The van der Waals surface area contributed by atoms with Crippen LogP contribution in [0.5, 0.6) is 11.5 Å². The maximum Gasteiger partial charge on any atom is 0.263 e. The summed E-state index contributed by atoms with van der Waals surface area (Å²) in [6.07, 6.45) is 1.59. The van der Waals surface area contributed by atoms with Crippen LogP contribution in [0.2, 0.25) is 10.0 Å². The second-order valence-electron chi connectivity index (χ2n) is 5.57. The number of benzene rings is 2. The largest absolute Gasteiger partial charge is 0.493 e. The number of hydrogen-bond acceptors (Lipinski definition) is 4. The van der Waals surface area contributed by atoms with Crippen molar-refractivity contribution in [2.24, 2.45) is 0 Å². The van der Waals surface area contributed by atoms with Crippen LogP contribution in [-0.2, 0) is 11.3 Å². The smallest absolute Gasteiger partial charge is 0.263 e. The summed E-state index contributed by atoms with van der Waals surface area (Å²) >= 11 is 12.3. The van der Waals surface area contributed by atoms with Gasteiger partial charge in [-0.3, -0.25) is 4.79 Å². The SMILES string of the molecule is COc1ccccc1OCC(=O)Nc1ccnn1Cc1cccc(Cl)c1Cl. The molecule has 0 bridgehead atoms. The van der Waals surface area contributed by atoms with Crippen LogP contribution < -0.4 is 14.8 Å². The van der Waals surface area contributed by atoms with Gasteiger partial charge < -0.3 is 14.8 Å². The van der Waals surface area contributed by atoms with E-state index in [1.807, 2.05) is 18.2 Å². The molecule has 1 amide bonds. The van der Waals surface area contributed by atoms with Crippen molar-refractivity contribution in [2.45, 2.75) is 6.54 Å². The average molecular weight is 406 g/mol. The predicted octanol–water partition coefficient (Wildman–Crippen LogP) is 4.26. The molecule has 27 heavy (non-hydrogen) atoms. The van der Waals surface area contributed by atoms with Crippen LogP contribution in [0.3, 0.4) is 0 Å². The first-order valence-electron chi connectivity index (χ1n) is 8.09. The second-order valence-corrected chi connectivity index (χ2v) is 6.36. The Balaban J connectivity index is 1.64. The summed E-state index contributed by atoms with van der Waals surface area (Å²) in [4.78, 5) is 12.2. The standard InChI is InChI=1S/C19H17Cl2N3O3/c1-26-15-7-2-3-8-16(15)27-12-18(25)23-17-9-10-22-24(17)11-13-5-4-6-14(20)19(13)21/h2-10H,11-12H2,1H3,(H,23,25). The number of carbonyl (C=O) groups excluding carboxylic acids is 1. The number of nitrogens with zero attached hydrogens (tertiary/aromatic N) is 2. The average Bonchev–Trinajstić information content (AvgIpc) is 3.10. The van der Waals surface area contributed by atoms with Gasteiger partial charge in [-0.05, 0) is 23.8 Å². The van der Waals surface area contributed by atoms with Crippen LogP contribution in [0.4, 0.5) is 5.82 Å². The van der Waals surface area contributed by atoms with E-state index in [9.17, 15) is 4.79 Å². The number of hydrogen-bond donors (Lipinski definition) is 1. The molecule has 0 aliphatic rings. The number of aromatic nitrogens is 2. The number of rotatable bonds is 7. The van der Waals surface area contributed by atoms with Gasteiger partial charge in [-0.25, -0.2) is 4.68 Å². The van der Waals surface area contributed by atoms with Crippen molar-refractivity contribution in [1.29, 1.82) is 0 Å². The third-order valence-corrected chi connectivity index (χ3v) is 4.62. The first kappa shape index (κ1) is 19.1. The second kappa shape index (κ2) is 8.79. The minimum Gasteiger partial charge on any atom is -0.493 e. The van der Waals surface area contributed by atoms with Crippen molar-refractivity contribution in [3.05, 3.63) is 70.3 Å². The summed E-state index contributed by atoms with van der Waals surface area (Å²) in [6, 6.07) is 14.2. The molecule has 1 N–H and O–H groups in total. The molecule has 0 saturated carbocycles. The molecule has 0 aliphatic heterocycles. The van der Waals surface area contributed by atoms with Crippen LogP contribution in [0.25, 0.3) is 0 Å². The molecular formula is C19H17Cl2N3O3. The Labute approximate surface area is 166 Å². The number of amides is 1. The Kier molecular flexibility index (Phi) is 6.21. The summed E-state index contributed by atoms with van der Waals surface area (Å²) < 4.78 is 12.3. The molecular weight excluding hydrogens is 389 g/mol. The van der Waals surface area contributed by atoms with E-state index in [2.05, 4.69) is 10.4 Å². The van der Waals surface area contributed by atoms with Gasteiger partial charge in [-0.15, -0.1) is 0 Å². The topological polar surface area (TPSA) is 65.4 Å². The maximum atomic E-state index is 12.2. The number of ether oxygens (including phenoxy) is 2. The number of anilines is 1. The van der Waals surface area contributed by atoms with Gasteiger partial charge in [0.1, 0.15) is 5.82 Å². The van der Waals surface area contributed by atoms with E-state index in [0.717, 1.165) is 5.56 Å². The highest BCUT2D eigenvalue weighted by molar-refractivity contribution is 6.42. The van der Waals surface area contributed by atoms with Gasteiger partial charge in [0.05, 0.1) is 29.9 Å². The van der Waals surface area contributed by atoms with Crippen LogP contribution in [0.15, 0.2) is 54.7 Å². The zero-order valence-corrected chi connectivity index (χ0v) is 16.0. The van der Waals surface area contributed by atoms with Gasteiger partial charge in [0.2, 0.25) is 0 Å². The van der Waals surface area contributed by atoms with E-state index in [4.69, 9.17) is 32.7 Å². The fourth-order valence-electron chi connectivity index (χ4n) is 2.46. The zero-order chi connectivity index (χ0) is 19.2. The number of nitrogens with one attached hydrogen (secondary N) is 1. The Bertz CT molecular complexity index is 943. The molecule has 8 heteroatoms. The van der Waals surface area contributed by atoms with Gasteiger partial charge in [0.15, 0.2) is 18.1 Å². The Morgan fingerprint density at radius 1 is 1.11 bits per heavy atom. The van der Waals surface area contributed by atoms with Crippen LogP contribution >= 0.6 is 23.2 Å². The monoisotopic (exact) mass is 405 g/mol. The Morgan fingerprint density at radius 2 is 1.89 bits per heavy atom. The number of carbonyl (C=O) groups is 1. The molecule has 6 nitrogen and oxygen atoms in total. The molecule has 0 spiro atoms. The Morgan fingerprint density at radius 3 is 2.67 bits per heavy atom. The summed E-state index contributed by atoms with van der Waals surface area (Å²) in [5.41, 5.74) is 0.800. The Hall–Kier alpha value is -2.70. The summed E-state index contributed by atoms with van der Waals surface area (Å²) in [6.45, 7) is 0.207. The van der Waals surface area contributed by atoms with E-state index in [-0.39, 0.29) is 12.5 Å². The molecule has 3 rings (SSSR count). The van der Waals surface area contributed by atoms with Crippen molar-refractivity contribution in [1.82, 2.24) is 9.78 Å². The van der Waals surface area contributed by atoms with Crippen molar-refractivity contribution in [3.63, 3.8) is 0 Å². The number of methoxy groups -OCH3 is 1. The summed E-state index contributed by atoms with van der Waals surface area (Å²) in [7, 11) is 1.54. The van der Waals surface area contributed by atoms with Crippen LogP contribution in [0, 0.1) is 0 Å². The van der Waals surface area contributed by atoms with Gasteiger partial charge in [0, 0.05) is 6.07 Å². The summed E-state index contributed by atoms with van der Waals surface area (Å²) in [5, 5.41) is 7.93. The van der Waals surface area contributed by atoms with E-state index in [1.165, 1.54) is 0 Å². The van der Waals surface area contributed by atoms with Gasteiger partial charge in [-0.1, -0.05) is 47.5 Å². The minimum absolute atomic E-state index is 0.163. The molecule has 0 fully saturated rings. The van der Waals surface area contributed by atoms with Gasteiger partial charge >= 0.3 is 0 Å². The molecule has 1 heterocycles. The maximum absolute atomic E-state index is 12.2. The lowest BCUT2D eigenvalue weighted by atomic mass is 10.2. The molecule has 0 saturated heterocycles. The van der Waals surface area contributed by atoms with Crippen LogP contribution in [-0.4, -0.2) is 29.4 Å². The fourth-order valence-corrected chi connectivity index (χ4v) is 2.84. The first-order chi connectivity index (χ1) is 13.1. The molecule has 2 aromatic carbocycles. The van der Waals surface area contributed by atoms with E-state index in [0.29, 0.717) is 33.9 Å².